The monoisotopic (exact) mass is 240 g/mol. The maximum Gasteiger partial charge on any atom is 0.341 e. The van der Waals surface area contributed by atoms with Gasteiger partial charge in [0.15, 0.2) is 0 Å². The van der Waals surface area contributed by atoms with Crippen LogP contribution < -0.4 is 10.5 Å². The Hall–Kier alpha value is -2.15. The topological polar surface area (TPSA) is 105 Å². The maximum absolute atomic E-state index is 11.4. The lowest BCUT2D eigenvalue weighted by molar-refractivity contribution is -0.384. The molecule has 0 aliphatic carbocycles. The first-order chi connectivity index (χ1) is 8.10. The highest BCUT2D eigenvalue weighted by Gasteiger charge is 2.17. The van der Waals surface area contributed by atoms with Crippen molar-refractivity contribution in [2.75, 3.05) is 20.3 Å². The number of hydrogen-bond donors (Lipinski definition) is 1. The van der Waals surface area contributed by atoms with Gasteiger partial charge in [-0.15, -0.1) is 0 Å². The lowest BCUT2D eigenvalue weighted by Gasteiger charge is -2.08. The number of ether oxygens (including phenoxy) is 2. The van der Waals surface area contributed by atoms with Gasteiger partial charge in [0.2, 0.25) is 0 Å². The van der Waals surface area contributed by atoms with E-state index in [1.54, 1.807) is 0 Å². The highest BCUT2D eigenvalue weighted by Crippen LogP contribution is 2.25. The van der Waals surface area contributed by atoms with E-state index >= 15 is 0 Å². The molecule has 1 rings (SSSR count). The molecule has 0 spiro atoms. The van der Waals surface area contributed by atoms with Gasteiger partial charge >= 0.3 is 5.97 Å². The largest absolute Gasteiger partial charge is 0.491 e. The fraction of sp³-hybridized carbons (Fsp3) is 0.300. The summed E-state index contributed by atoms with van der Waals surface area (Å²) in [4.78, 5) is 21.4. The first kappa shape index (κ1) is 12.9. The lowest BCUT2D eigenvalue weighted by atomic mass is 10.2. The van der Waals surface area contributed by atoms with Gasteiger partial charge in [-0.1, -0.05) is 0 Å². The molecule has 0 atom stereocenters. The zero-order valence-electron chi connectivity index (χ0n) is 9.21. The number of carbonyl (C=O) groups is 1. The van der Waals surface area contributed by atoms with Crippen molar-refractivity contribution >= 4 is 11.7 Å². The smallest absolute Gasteiger partial charge is 0.341 e. The third-order valence-corrected chi connectivity index (χ3v) is 1.96. The van der Waals surface area contributed by atoms with Crippen molar-refractivity contribution in [1.29, 1.82) is 0 Å². The molecule has 2 N–H and O–H groups in total. The van der Waals surface area contributed by atoms with Crippen molar-refractivity contribution in [2.45, 2.75) is 0 Å². The lowest BCUT2D eigenvalue weighted by Crippen LogP contribution is -2.13. The van der Waals surface area contributed by atoms with Crippen LogP contribution in [0.15, 0.2) is 18.2 Å². The molecule has 1 aromatic carbocycles. The number of methoxy groups -OCH3 is 1. The number of benzene rings is 1. The Morgan fingerprint density at radius 1 is 1.53 bits per heavy atom. The number of rotatable bonds is 5. The Morgan fingerprint density at radius 3 is 2.76 bits per heavy atom. The van der Waals surface area contributed by atoms with E-state index in [4.69, 9.17) is 10.5 Å². The van der Waals surface area contributed by atoms with Gasteiger partial charge in [0.1, 0.15) is 17.9 Å². The molecule has 0 radical (unpaired) electrons. The number of nitro groups is 1. The standard InChI is InChI=1S/C10H12N2O5/c1-16-10(13)8-3-2-7(12(14)15)6-9(8)17-5-4-11/h2-3,6H,4-5,11H2,1H3. The highest BCUT2D eigenvalue weighted by molar-refractivity contribution is 5.92. The summed E-state index contributed by atoms with van der Waals surface area (Å²) in [7, 11) is 1.22. The molecule has 0 saturated heterocycles. The molecular formula is C10H12N2O5. The number of nitrogens with zero attached hydrogens (tertiary/aromatic N) is 1. The third kappa shape index (κ3) is 3.15. The van der Waals surface area contributed by atoms with Gasteiger partial charge in [-0.2, -0.15) is 0 Å². The molecule has 0 unspecified atom stereocenters. The summed E-state index contributed by atoms with van der Waals surface area (Å²) >= 11 is 0. The number of esters is 1. The van der Waals surface area contributed by atoms with Gasteiger partial charge in [-0.25, -0.2) is 4.79 Å². The Bertz CT molecular complexity index is 433. The quantitative estimate of drug-likeness (QED) is 0.462. The first-order valence-electron chi connectivity index (χ1n) is 4.79. The normalized spacial score (nSPS) is 9.76. The van der Waals surface area contributed by atoms with E-state index in [2.05, 4.69) is 4.74 Å². The number of nitro benzene ring substituents is 1. The molecule has 0 heterocycles. The first-order valence-corrected chi connectivity index (χ1v) is 4.79. The van der Waals surface area contributed by atoms with Crippen LogP contribution in [0.25, 0.3) is 0 Å². The van der Waals surface area contributed by atoms with Crippen molar-refractivity contribution in [3.05, 3.63) is 33.9 Å². The molecular weight excluding hydrogens is 228 g/mol. The zero-order valence-corrected chi connectivity index (χ0v) is 9.21. The second-order valence-electron chi connectivity index (χ2n) is 3.07. The summed E-state index contributed by atoms with van der Waals surface area (Å²) in [5.41, 5.74) is 5.23. The van der Waals surface area contributed by atoms with E-state index in [1.165, 1.54) is 25.3 Å². The summed E-state index contributed by atoms with van der Waals surface area (Å²) < 4.78 is 9.71. The average Bonchev–Trinajstić information content (AvgIpc) is 2.34. The Morgan fingerprint density at radius 2 is 2.24 bits per heavy atom. The number of nitrogens with two attached hydrogens (primary N) is 1. The third-order valence-electron chi connectivity index (χ3n) is 1.96. The summed E-state index contributed by atoms with van der Waals surface area (Å²) in [6.07, 6.45) is 0. The average molecular weight is 240 g/mol. The molecule has 0 amide bonds. The van der Waals surface area contributed by atoms with Gasteiger partial charge in [-0.05, 0) is 6.07 Å². The van der Waals surface area contributed by atoms with Crippen LogP contribution in [-0.2, 0) is 4.74 Å². The molecule has 0 aliphatic rings. The fourth-order valence-corrected chi connectivity index (χ4v) is 1.19. The summed E-state index contributed by atoms with van der Waals surface area (Å²) in [6.45, 7) is 0.397. The predicted octanol–water partition coefficient (Wildman–Crippen LogP) is 0.719. The molecule has 17 heavy (non-hydrogen) atoms. The molecule has 7 nitrogen and oxygen atoms in total. The van der Waals surface area contributed by atoms with E-state index in [0.717, 1.165) is 0 Å². The number of non-ortho nitro benzene ring substituents is 1. The molecule has 92 valence electrons. The van der Waals surface area contributed by atoms with Crippen LogP contribution in [0.4, 0.5) is 5.69 Å². The minimum absolute atomic E-state index is 0.0940. The number of carbonyl (C=O) groups excluding carboxylic acids is 1. The van der Waals surface area contributed by atoms with Gasteiger partial charge in [0.05, 0.1) is 18.1 Å². The van der Waals surface area contributed by atoms with E-state index in [9.17, 15) is 14.9 Å². The fourth-order valence-electron chi connectivity index (χ4n) is 1.19. The Balaban J connectivity index is 3.11. The van der Waals surface area contributed by atoms with Gasteiger partial charge in [-0.3, -0.25) is 10.1 Å². The molecule has 0 aliphatic heterocycles. The van der Waals surface area contributed by atoms with Crippen LogP contribution in [0.3, 0.4) is 0 Å². The molecule has 0 fully saturated rings. The van der Waals surface area contributed by atoms with Crippen LogP contribution in [0, 0.1) is 10.1 Å². The summed E-state index contributed by atoms with van der Waals surface area (Å²) in [5, 5.41) is 10.6. The van der Waals surface area contributed by atoms with Crippen LogP contribution in [0.1, 0.15) is 10.4 Å². The van der Waals surface area contributed by atoms with Crippen molar-refractivity contribution in [3.63, 3.8) is 0 Å². The second-order valence-corrected chi connectivity index (χ2v) is 3.07. The second kappa shape index (κ2) is 5.80. The molecule has 1 aromatic rings. The van der Waals surface area contributed by atoms with Crippen molar-refractivity contribution in [1.82, 2.24) is 0 Å². The van der Waals surface area contributed by atoms with Gasteiger partial charge in [0, 0.05) is 12.6 Å². The van der Waals surface area contributed by atoms with Crippen LogP contribution in [-0.4, -0.2) is 31.2 Å². The minimum atomic E-state index is -0.619. The zero-order chi connectivity index (χ0) is 12.8. The van der Waals surface area contributed by atoms with Crippen LogP contribution >= 0.6 is 0 Å². The van der Waals surface area contributed by atoms with Crippen molar-refractivity contribution < 1.29 is 19.2 Å². The molecule has 7 heteroatoms. The van der Waals surface area contributed by atoms with Gasteiger partial charge < -0.3 is 15.2 Å². The van der Waals surface area contributed by atoms with Crippen LogP contribution in [0.5, 0.6) is 5.75 Å². The van der Waals surface area contributed by atoms with E-state index < -0.39 is 10.9 Å². The van der Waals surface area contributed by atoms with Crippen molar-refractivity contribution in [3.8, 4) is 5.75 Å². The Kier molecular flexibility index (Phi) is 4.41. The summed E-state index contributed by atoms with van der Waals surface area (Å²) in [6, 6.07) is 3.67. The Labute approximate surface area is 97.3 Å². The molecule has 0 saturated carbocycles. The maximum atomic E-state index is 11.4. The predicted molar refractivity (Wildman–Crippen MR) is 59.0 cm³/mol. The van der Waals surface area contributed by atoms with Crippen molar-refractivity contribution in [2.24, 2.45) is 5.73 Å². The van der Waals surface area contributed by atoms with Gasteiger partial charge in [0.25, 0.3) is 5.69 Å². The highest BCUT2D eigenvalue weighted by atomic mass is 16.6. The minimum Gasteiger partial charge on any atom is -0.491 e. The van der Waals surface area contributed by atoms with Crippen LogP contribution in [0.2, 0.25) is 0 Å². The SMILES string of the molecule is COC(=O)c1ccc([N+](=O)[O-])cc1OCCN. The van der Waals surface area contributed by atoms with E-state index in [0.29, 0.717) is 0 Å². The molecule has 0 aromatic heterocycles. The summed E-state index contributed by atoms with van der Waals surface area (Å²) in [5.74, 6) is -0.525. The molecule has 0 bridgehead atoms. The number of hydrogen-bond acceptors (Lipinski definition) is 6. The van der Waals surface area contributed by atoms with E-state index in [1.807, 2.05) is 0 Å². The van der Waals surface area contributed by atoms with E-state index in [-0.39, 0.29) is 30.2 Å².